The van der Waals surface area contributed by atoms with E-state index in [-0.39, 0.29) is 0 Å². The summed E-state index contributed by atoms with van der Waals surface area (Å²) in [7, 11) is 0. The van der Waals surface area contributed by atoms with Crippen molar-refractivity contribution in [1.82, 2.24) is 8.75 Å². The summed E-state index contributed by atoms with van der Waals surface area (Å²) in [5.74, 6) is 0. The maximum absolute atomic E-state index is 4.39. The van der Waals surface area contributed by atoms with E-state index in [0.717, 1.165) is 16.6 Å². The van der Waals surface area contributed by atoms with Crippen LogP contribution in [0.3, 0.4) is 0 Å². The molecule has 0 saturated heterocycles. The summed E-state index contributed by atoms with van der Waals surface area (Å²) in [6, 6.07) is 14.5. The number of nitrogens with zero attached hydrogens (tertiary/aromatic N) is 2. The number of benzene rings is 2. The Hall–Kier alpha value is -1.74. The van der Waals surface area contributed by atoms with Crippen molar-refractivity contribution in [2.75, 3.05) is 0 Å². The molecule has 3 aromatic rings. The van der Waals surface area contributed by atoms with Gasteiger partial charge in [-0.05, 0) is 18.1 Å². The van der Waals surface area contributed by atoms with Gasteiger partial charge in [-0.25, -0.2) is 0 Å². The number of fused-ring (bicyclic) bond motifs is 1. The molecule has 0 fully saturated rings. The number of hydrogen-bond acceptors (Lipinski definition) is 3. The summed E-state index contributed by atoms with van der Waals surface area (Å²) < 4.78 is 8.72. The molecule has 0 saturated carbocycles. The summed E-state index contributed by atoms with van der Waals surface area (Å²) in [5.41, 5.74) is 5.57. The van der Waals surface area contributed by atoms with E-state index in [1.807, 2.05) is 32.0 Å². The second-order valence-electron chi connectivity index (χ2n) is 3.76. The highest BCUT2D eigenvalue weighted by Crippen LogP contribution is 2.28. The first-order chi connectivity index (χ1) is 8.86. The molecule has 2 nitrogen and oxygen atoms in total. The number of aryl methyl sites for hydroxylation is 1. The maximum atomic E-state index is 4.39. The molecule has 0 spiro atoms. The molecule has 2 aromatic carbocycles. The predicted molar refractivity (Wildman–Crippen MR) is 78.9 cm³/mol. The van der Waals surface area contributed by atoms with Crippen molar-refractivity contribution in [3.63, 3.8) is 0 Å². The lowest BCUT2D eigenvalue weighted by Crippen LogP contribution is -1.83. The van der Waals surface area contributed by atoms with Crippen molar-refractivity contribution in [3.8, 4) is 11.1 Å². The third kappa shape index (κ3) is 2.27. The zero-order valence-electron chi connectivity index (χ0n) is 10.8. The summed E-state index contributed by atoms with van der Waals surface area (Å²) in [6.45, 7) is 6.07. The van der Waals surface area contributed by atoms with Crippen LogP contribution in [0.1, 0.15) is 19.4 Å². The minimum Gasteiger partial charge on any atom is -0.173 e. The van der Waals surface area contributed by atoms with Gasteiger partial charge >= 0.3 is 0 Å². The van der Waals surface area contributed by atoms with Gasteiger partial charge in [-0.2, -0.15) is 8.75 Å². The Bertz CT molecular complexity index is 629. The van der Waals surface area contributed by atoms with Crippen LogP contribution in [0.2, 0.25) is 0 Å². The van der Waals surface area contributed by atoms with Crippen molar-refractivity contribution in [2.24, 2.45) is 0 Å². The Morgan fingerprint density at radius 1 is 0.833 bits per heavy atom. The van der Waals surface area contributed by atoms with Gasteiger partial charge in [-0.15, -0.1) is 0 Å². The molecule has 92 valence electrons. The molecule has 0 atom stereocenters. The highest BCUT2D eigenvalue weighted by atomic mass is 32.1. The van der Waals surface area contributed by atoms with Crippen LogP contribution in [0.5, 0.6) is 0 Å². The Balaban J connectivity index is 0.000000574. The summed E-state index contributed by atoms with van der Waals surface area (Å²) >= 11 is 1.28. The molecule has 0 bridgehead atoms. The van der Waals surface area contributed by atoms with Crippen molar-refractivity contribution in [1.29, 1.82) is 0 Å². The van der Waals surface area contributed by atoms with Crippen molar-refractivity contribution in [2.45, 2.75) is 20.8 Å². The highest BCUT2D eigenvalue weighted by Gasteiger charge is 2.08. The third-order valence-electron chi connectivity index (χ3n) is 2.70. The first-order valence-corrected chi connectivity index (χ1v) is 6.86. The monoisotopic (exact) mass is 256 g/mol. The largest absolute Gasteiger partial charge is 0.173 e. The molecular weight excluding hydrogens is 240 g/mol. The molecule has 0 aliphatic heterocycles. The lowest BCUT2D eigenvalue weighted by molar-refractivity contribution is 1.48. The summed E-state index contributed by atoms with van der Waals surface area (Å²) in [4.78, 5) is 0. The van der Waals surface area contributed by atoms with Crippen molar-refractivity contribution in [3.05, 3.63) is 48.0 Å². The number of hydrogen-bond donors (Lipinski definition) is 0. The first kappa shape index (κ1) is 12.7. The van der Waals surface area contributed by atoms with Gasteiger partial charge in [0.1, 0.15) is 11.0 Å². The fraction of sp³-hybridized carbons (Fsp3) is 0.200. The Morgan fingerprint density at radius 3 is 2.22 bits per heavy atom. The van der Waals surface area contributed by atoms with Gasteiger partial charge in [0.2, 0.25) is 0 Å². The second kappa shape index (κ2) is 5.74. The normalized spacial score (nSPS) is 9.94. The average Bonchev–Trinajstić information content (AvgIpc) is 2.93. The van der Waals surface area contributed by atoms with Gasteiger partial charge in [-0.3, -0.25) is 0 Å². The van der Waals surface area contributed by atoms with E-state index in [0.29, 0.717) is 0 Å². The fourth-order valence-corrected chi connectivity index (χ4v) is 2.46. The van der Waals surface area contributed by atoms with Crippen LogP contribution in [0.4, 0.5) is 0 Å². The standard InChI is InChI=1S/C13H10N2S.C2H6/c1-9-7-8-11(10-5-3-2-4-6-10)13-12(9)14-16-15-13;1-2/h2-8H,1H3;1-2H3. The molecule has 3 rings (SSSR count). The molecular formula is C15H16N2S. The van der Waals surface area contributed by atoms with E-state index in [9.17, 15) is 0 Å². The molecule has 0 N–H and O–H groups in total. The van der Waals surface area contributed by atoms with Gasteiger partial charge in [0, 0.05) is 5.56 Å². The minimum atomic E-state index is 1.01. The second-order valence-corrected chi connectivity index (χ2v) is 4.29. The lowest BCUT2D eigenvalue weighted by Gasteiger charge is -2.03. The SMILES string of the molecule is CC.Cc1ccc(-c2ccccc2)c2nsnc12. The quantitative estimate of drug-likeness (QED) is 0.631. The van der Waals surface area contributed by atoms with E-state index in [4.69, 9.17) is 0 Å². The highest BCUT2D eigenvalue weighted by molar-refractivity contribution is 7.00. The van der Waals surface area contributed by atoms with Gasteiger partial charge in [0.15, 0.2) is 0 Å². The maximum Gasteiger partial charge on any atom is 0.112 e. The molecule has 0 aliphatic rings. The van der Waals surface area contributed by atoms with Crippen molar-refractivity contribution >= 4 is 22.8 Å². The lowest BCUT2D eigenvalue weighted by atomic mass is 10.0. The molecule has 1 aromatic heterocycles. The molecule has 0 unspecified atom stereocenters. The van der Waals surface area contributed by atoms with Crippen LogP contribution < -0.4 is 0 Å². The van der Waals surface area contributed by atoms with Gasteiger partial charge < -0.3 is 0 Å². The Kier molecular flexibility index (Phi) is 4.05. The van der Waals surface area contributed by atoms with Crippen LogP contribution in [-0.4, -0.2) is 8.75 Å². The van der Waals surface area contributed by atoms with Crippen molar-refractivity contribution < 1.29 is 0 Å². The molecule has 18 heavy (non-hydrogen) atoms. The van der Waals surface area contributed by atoms with E-state index in [1.54, 1.807) is 0 Å². The topological polar surface area (TPSA) is 25.8 Å². The average molecular weight is 256 g/mol. The third-order valence-corrected chi connectivity index (χ3v) is 3.23. The fourth-order valence-electron chi connectivity index (χ4n) is 1.84. The molecule has 3 heteroatoms. The van der Waals surface area contributed by atoms with Crippen LogP contribution in [-0.2, 0) is 0 Å². The minimum absolute atomic E-state index is 1.01. The summed E-state index contributed by atoms with van der Waals surface area (Å²) in [5, 5.41) is 0. The summed E-state index contributed by atoms with van der Waals surface area (Å²) in [6.07, 6.45) is 0. The Labute approximate surface area is 112 Å². The molecule has 0 radical (unpaired) electrons. The van der Waals surface area contributed by atoms with E-state index in [2.05, 4.69) is 39.9 Å². The molecule has 1 heterocycles. The molecule has 0 aliphatic carbocycles. The van der Waals surface area contributed by atoms with E-state index in [1.165, 1.54) is 22.9 Å². The van der Waals surface area contributed by atoms with E-state index < -0.39 is 0 Å². The number of aromatic nitrogens is 2. The molecule has 0 amide bonds. The zero-order valence-corrected chi connectivity index (χ0v) is 11.7. The van der Waals surface area contributed by atoms with Gasteiger partial charge in [0.05, 0.1) is 11.7 Å². The van der Waals surface area contributed by atoms with Crippen LogP contribution in [0.25, 0.3) is 22.2 Å². The Morgan fingerprint density at radius 2 is 1.50 bits per heavy atom. The predicted octanol–water partition coefficient (Wildman–Crippen LogP) is 4.69. The van der Waals surface area contributed by atoms with Gasteiger partial charge in [-0.1, -0.05) is 56.3 Å². The first-order valence-electron chi connectivity index (χ1n) is 6.13. The van der Waals surface area contributed by atoms with Crippen LogP contribution in [0, 0.1) is 6.92 Å². The van der Waals surface area contributed by atoms with Gasteiger partial charge in [0.25, 0.3) is 0 Å². The van der Waals surface area contributed by atoms with Crippen LogP contribution in [0.15, 0.2) is 42.5 Å². The van der Waals surface area contributed by atoms with Crippen LogP contribution >= 0.6 is 11.7 Å². The zero-order chi connectivity index (χ0) is 13.0. The smallest absolute Gasteiger partial charge is 0.112 e. The van der Waals surface area contributed by atoms with E-state index >= 15 is 0 Å². The number of rotatable bonds is 1.